The van der Waals surface area contributed by atoms with E-state index in [0.717, 1.165) is 12.8 Å². The van der Waals surface area contributed by atoms with Crippen LogP contribution in [0.15, 0.2) is 0 Å². The van der Waals surface area contributed by atoms with E-state index in [0.29, 0.717) is 18.9 Å². The van der Waals surface area contributed by atoms with Crippen molar-refractivity contribution in [2.75, 3.05) is 6.54 Å². The van der Waals surface area contributed by atoms with E-state index in [4.69, 9.17) is 5.73 Å². The zero-order chi connectivity index (χ0) is 10.3. The third-order valence-corrected chi connectivity index (χ3v) is 2.09. The number of nitrogens with two attached hydrogens (primary N) is 1. The van der Waals surface area contributed by atoms with Gasteiger partial charge in [-0.1, -0.05) is 20.8 Å². The van der Waals surface area contributed by atoms with Gasteiger partial charge in [0, 0.05) is 19.0 Å². The smallest absolute Gasteiger partial charge is 0.220 e. The zero-order valence-corrected chi connectivity index (χ0v) is 8.97. The fourth-order valence-corrected chi connectivity index (χ4v) is 1.05. The number of hydrogen-bond donors (Lipinski definition) is 2. The van der Waals surface area contributed by atoms with Gasteiger partial charge in [0.05, 0.1) is 0 Å². The Morgan fingerprint density at radius 1 is 1.46 bits per heavy atom. The maximum Gasteiger partial charge on any atom is 0.220 e. The molecule has 1 unspecified atom stereocenters. The van der Waals surface area contributed by atoms with Crippen molar-refractivity contribution < 1.29 is 4.79 Å². The summed E-state index contributed by atoms with van der Waals surface area (Å²) in [7, 11) is 0. The highest BCUT2D eigenvalue weighted by molar-refractivity contribution is 5.76. The van der Waals surface area contributed by atoms with Crippen molar-refractivity contribution in [2.24, 2.45) is 11.7 Å². The molecule has 3 N–H and O–H groups in total. The number of nitrogens with one attached hydrogen (secondary N) is 1. The average Bonchev–Trinajstić information content (AvgIpc) is 2.10. The Morgan fingerprint density at radius 3 is 2.46 bits per heavy atom. The number of carbonyl (C=O) groups excluding carboxylic acids is 1. The largest absolute Gasteiger partial charge is 0.352 e. The lowest BCUT2D eigenvalue weighted by Crippen LogP contribution is -2.39. The molecule has 0 spiro atoms. The van der Waals surface area contributed by atoms with Gasteiger partial charge in [-0.25, -0.2) is 0 Å². The second-order valence-electron chi connectivity index (χ2n) is 3.84. The second kappa shape index (κ2) is 6.89. The minimum absolute atomic E-state index is 0.131. The minimum Gasteiger partial charge on any atom is -0.352 e. The fraction of sp³-hybridized carbons (Fsp3) is 0.900. The first-order valence-electron chi connectivity index (χ1n) is 5.09. The highest BCUT2D eigenvalue weighted by Crippen LogP contribution is 2.03. The molecule has 0 heterocycles. The molecule has 3 heteroatoms. The van der Waals surface area contributed by atoms with Gasteiger partial charge >= 0.3 is 0 Å². The molecule has 0 aliphatic heterocycles. The Balaban J connectivity index is 3.60. The van der Waals surface area contributed by atoms with Crippen molar-refractivity contribution >= 4 is 5.91 Å². The van der Waals surface area contributed by atoms with E-state index in [1.54, 1.807) is 0 Å². The lowest BCUT2D eigenvalue weighted by molar-refractivity contribution is -0.122. The zero-order valence-electron chi connectivity index (χ0n) is 8.97. The van der Waals surface area contributed by atoms with Gasteiger partial charge in [-0.3, -0.25) is 4.79 Å². The lowest BCUT2D eigenvalue weighted by Gasteiger charge is -2.14. The fourth-order valence-electron chi connectivity index (χ4n) is 1.05. The Labute approximate surface area is 81.1 Å². The van der Waals surface area contributed by atoms with Gasteiger partial charge in [0.15, 0.2) is 0 Å². The highest BCUT2D eigenvalue weighted by atomic mass is 16.1. The molecule has 0 aromatic carbocycles. The summed E-state index contributed by atoms with van der Waals surface area (Å²) < 4.78 is 0. The summed E-state index contributed by atoms with van der Waals surface area (Å²) in [6.45, 7) is 6.80. The first kappa shape index (κ1) is 12.4. The topological polar surface area (TPSA) is 55.1 Å². The van der Waals surface area contributed by atoms with Gasteiger partial charge < -0.3 is 11.1 Å². The van der Waals surface area contributed by atoms with Gasteiger partial charge in [-0.05, 0) is 18.8 Å². The van der Waals surface area contributed by atoms with Crippen LogP contribution in [0.4, 0.5) is 0 Å². The molecular formula is C10H22N2O. The molecule has 3 nitrogen and oxygen atoms in total. The maximum atomic E-state index is 11.3. The standard InChI is InChI=1S/C10H22N2O/c1-4-9(7-11)12-10(13)6-5-8(2)3/h8-9H,4-7,11H2,1-3H3,(H,12,13). The van der Waals surface area contributed by atoms with Crippen LogP contribution in [0.3, 0.4) is 0 Å². The molecular weight excluding hydrogens is 164 g/mol. The molecule has 0 saturated carbocycles. The SMILES string of the molecule is CCC(CN)NC(=O)CCC(C)C. The summed E-state index contributed by atoms with van der Waals surface area (Å²) in [4.78, 5) is 11.3. The van der Waals surface area contributed by atoms with Gasteiger partial charge in [0.1, 0.15) is 0 Å². The molecule has 0 aromatic heterocycles. The minimum atomic E-state index is 0.131. The summed E-state index contributed by atoms with van der Waals surface area (Å²) >= 11 is 0. The normalized spacial score (nSPS) is 13.0. The second-order valence-corrected chi connectivity index (χ2v) is 3.84. The first-order valence-corrected chi connectivity index (χ1v) is 5.09. The van der Waals surface area contributed by atoms with Crippen molar-refractivity contribution in [2.45, 2.75) is 46.1 Å². The van der Waals surface area contributed by atoms with E-state index < -0.39 is 0 Å². The van der Waals surface area contributed by atoms with E-state index in [-0.39, 0.29) is 11.9 Å². The van der Waals surface area contributed by atoms with Gasteiger partial charge in [-0.2, -0.15) is 0 Å². The molecule has 0 fully saturated rings. The summed E-state index contributed by atoms with van der Waals surface area (Å²) in [6, 6.07) is 0.152. The summed E-state index contributed by atoms with van der Waals surface area (Å²) in [5.74, 6) is 0.717. The predicted octanol–water partition coefficient (Wildman–Crippen LogP) is 1.28. The molecule has 78 valence electrons. The summed E-state index contributed by atoms with van der Waals surface area (Å²) in [5, 5.41) is 2.91. The van der Waals surface area contributed by atoms with Crippen LogP contribution < -0.4 is 11.1 Å². The van der Waals surface area contributed by atoms with Gasteiger partial charge in [0.2, 0.25) is 5.91 Å². The Bertz CT molecular complexity index is 142. The van der Waals surface area contributed by atoms with Crippen LogP contribution in [0.5, 0.6) is 0 Å². The van der Waals surface area contributed by atoms with Crippen LogP contribution in [0.1, 0.15) is 40.0 Å². The highest BCUT2D eigenvalue weighted by Gasteiger charge is 2.08. The summed E-state index contributed by atoms with van der Waals surface area (Å²) in [5.41, 5.74) is 5.47. The molecule has 0 aromatic rings. The van der Waals surface area contributed by atoms with Gasteiger partial charge in [0.25, 0.3) is 0 Å². The molecule has 0 aliphatic carbocycles. The Hall–Kier alpha value is -0.570. The molecule has 0 bridgehead atoms. The number of amides is 1. The predicted molar refractivity (Wildman–Crippen MR) is 55.3 cm³/mol. The molecule has 1 atom stereocenters. The van der Waals surface area contributed by atoms with Crippen LogP contribution in [-0.4, -0.2) is 18.5 Å². The van der Waals surface area contributed by atoms with Crippen molar-refractivity contribution in [3.8, 4) is 0 Å². The third-order valence-electron chi connectivity index (χ3n) is 2.09. The number of hydrogen-bond acceptors (Lipinski definition) is 2. The molecule has 0 rings (SSSR count). The van der Waals surface area contributed by atoms with Crippen molar-refractivity contribution in [1.29, 1.82) is 0 Å². The Morgan fingerprint density at radius 2 is 2.08 bits per heavy atom. The Kier molecular flexibility index (Phi) is 6.59. The molecule has 13 heavy (non-hydrogen) atoms. The maximum absolute atomic E-state index is 11.3. The van der Waals surface area contributed by atoms with E-state index in [9.17, 15) is 4.79 Å². The van der Waals surface area contributed by atoms with Gasteiger partial charge in [-0.15, -0.1) is 0 Å². The molecule has 1 amide bonds. The van der Waals surface area contributed by atoms with Crippen LogP contribution >= 0.6 is 0 Å². The quantitative estimate of drug-likeness (QED) is 0.656. The van der Waals surface area contributed by atoms with E-state index in [2.05, 4.69) is 19.2 Å². The third kappa shape index (κ3) is 6.58. The number of carbonyl (C=O) groups is 1. The van der Waals surface area contributed by atoms with Crippen LogP contribution in [0.2, 0.25) is 0 Å². The van der Waals surface area contributed by atoms with Crippen LogP contribution in [0, 0.1) is 5.92 Å². The van der Waals surface area contributed by atoms with E-state index >= 15 is 0 Å². The van der Waals surface area contributed by atoms with Crippen molar-refractivity contribution in [3.05, 3.63) is 0 Å². The summed E-state index contributed by atoms with van der Waals surface area (Å²) in [6.07, 6.45) is 2.48. The average molecular weight is 186 g/mol. The van der Waals surface area contributed by atoms with Crippen molar-refractivity contribution in [1.82, 2.24) is 5.32 Å². The number of rotatable bonds is 6. The molecule has 0 saturated heterocycles. The van der Waals surface area contributed by atoms with E-state index in [1.807, 2.05) is 6.92 Å². The van der Waals surface area contributed by atoms with E-state index in [1.165, 1.54) is 0 Å². The monoisotopic (exact) mass is 186 g/mol. The molecule has 0 aliphatic rings. The lowest BCUT2D eigenvalue weighted by atomic mass is 10.1. The molecule has 0 radical (unpaired) electrons. The van der Waals surface area contributed by atoms with Crippen LogP contribution in [-0.2, 0) is 4.79 Å². The first-order chi connectivity index (χ1) is 6.10. The van der Waals surface area contributed by atoms with Crippen molar-refractivity contribution in [3.63, 3.8) is 0 Å². The van der Waals surface area contributed by atoms with Crippen LogP contribution in [0.25, 0.3) is 0 Å².